The Hall–Kier alpha value is -1.60. The minimum atomic E-state index is -3.72. The molecule has 2 rings (SSSR count). The Morgan fingerprint density at radius 2 is 2.00 bits per heavy atom. The maximum Gasteiger partial charge on any atom is 0.243 e. The second-order valence-electron chi connectivity index (χ2n) is 5.35. The molecule has 122 valence electrons. The molecule has 1 aromatic carbocycles. The van der Waals surface area contributed by atoms with Gasteiger partial charge in [0.15, 0.2) is 0 Å². The van der Waals surface area contributed by atoms with Crippen molar-refractivity contribution in [2.24, 2.45) is 5.73 Å². The number of rotatable bonds is 6. The van der Waals surface area contributed by atoms with Gasteiger partial charge in [-0.25, -0.2) is 8.42 Å². The number of primary amides is 1. The van der Waals surface area contributed by atoms with Gasteiger partial charge in [-0.15, -0.1) is 0 Å². The Morgan fingerprint density at radius 1 is 1.32 bits per heavy atom. The van der Waals surface area contributed by atoms with Crippen molar-refractivity contribution in [1.82, 2.24) is 4.31 Å². The van der Waals surface area contributed by atoms with Crippen LogP contribution in [0, 0.1) is 0 Å². The molecule has 1 aliphatic rings. The van der Waals surface area contributed by atoms with Gasteiger partial charge in [-0.05, 0) is 43.5 Å². The number of amides is 1. The topological polar surface area (TPSA) is 89.7 Å². The van der Waals surface area contributed by atoms with Crippen LogP contribution in [0.3, 0.4) is 0 Å². The predicted molar refractivity (Wildman–Crippen MR) is 83.0 cm³/mol. The summed E-state index contributed by atoms with van der Waals surface area (Å²) < 4.78 is 32.1. The standard InChI is InChI=1S/C15H22N2O4S/c1-2-11-21-12-6-8-13(9-7-12)22(19,20)17-10-4-3-5-14(17)15(16)18/h6-9,14H,2-5,10-11H2,1H3,(H2,16,18)/t14-/m1/s1. The molecule has 0 unspecified atom stereocenters. The smallest absolute Gasteiger partial charge is 0.243 e. The monoisotopic (exact) mass is 326 g/mol. The van der Waals surface area contributed by atoms with Gasteiger partial charge < -0.3 is 10.5 Å². The highest BCUT2D eigenvalue weighted by Gasteiger charge is 2.36. The number of sulfonamides is 1. The minimum Gasteiger partial charge on any atom is -0.494 e. The molecule has 0 saturated carbocycles. The molecule has 1 atom stereocenters. The van der Waals surface area contributed by atoms with Crippen LogP contribution >= 0.6 is 0 Å². The lowest BCUT2D eigenvalue weighted by atomic mass is 10.0. The van der Waals surface area contributed by atoms with Crippen molar-refractivity contribution in [2.45, 2.75) is 43.5 Å². The number of piperidine rings is 1. The van der Waals surface area contributed by atoms with Gasteiger partial charge in [-0.1, -0.05) is 13.3 Å². The van der Waals surface area contributed by atoms with Gasteiger partial charge in [0.05, 0.1) is 11.5 Å². The Kier molecular flexibility index (Phi) is 5.42. The lowest BCUT2D eigenvalue weighted by Crippen LogP contribution is -2.50. The van der Waals surface area contributed by atoms with Gasteiger partial charge >= 0.3 is 0 Å². The summed E-state index contributed by atoms with van der Waals surface area (Å²) in [6.45, 7) is 2.91. The Morgan fingerprint density at radius 3 is 2.59 bits per heavy atom. The lowest BCUT2D eigenvalue weighted by Gasteiger charge is -2.32. The van der Waals surface area contributed by atoms with Crippen LogP contribution in [0.4, 0.5) is 0 Å². The molecule has 1 heterocycles. The number of hydrogen-bond acceptors (Lipinski definition) is 4. The van der Waals surface area contributed by atoms with Crippen LogP contribution in [-0.2, 0) is 14.8 Å². The first-order valence-corrected chi connectivity index (χ1v) is 8.95. The zero-order chi connectivity index (χ0) is 16.2. The molecule has 0 aliphatic carbocycles. The summed E-state index contributed by atoms with van der Waals surface area (Å²) in [6.07, 6.45) is 2.91. The third-order valence-electron chi connectivity index (χ3n) is 3.69. The highest BCUT2D eigenvalue weighted by molar-refractivity contribution is 7.89. The summed E-state index contributed by atoms with van der Waals surface area (Å²) in [7, 11) is -3.72. The first-order valence-electron chi connectivity index (χ1n) is 7.51. The van der Waals surface area contributed by atoms with E-state index in [0.29, 0.717) is 25.3 Å². The molecule has 1 amide bonds. The van der Waals surface area contributed by atoms with E-state index in [-0.39, 0.29) is 4.90 Å². The lowest BCUT2D eigenvalue weighted by molar-refractivity contribution is -0.122. The predicted octanol–water partition coefficient (Wildman–Crippen LogP) is 1.50. The molecule has 7 heteroatoms. The van der Waals surface area contributed by atoms with Crippen molar-refractivity contribution < 1.29 is 17.9 Å². The molecule has 1 fully saturated rings. The van der Waals surface area contributed by atoms with E-state index in [1.54, 1.807) is 12.1 Å². The van der Waals surface area contributed by atoms with E-state index in [0.717, 1.165) is 19.3 Å². The quantitative estimate of drug-likeness (QED) is 0.858. The highest BCUT2D eigenvalue weighted by Crippen LogP contribution is 2.26. The maximum absolute atomic E-state index is 12.7. The van der Waals surface area contributed by atoms with Gasteiger partial charge in [-0.3, -0.25) is 4.79 Å². The maximum atomic E-state index is 12.7. The summed E-state index contributed by atoms with van der Waals surface area (Å²) in [5, 5.41) is 0. The first kappa shape index (κ1) is 16.8. The van der Waals surface area contributed by atoms with Gasteiger partial charge in [0.2, 0.25) is 15.9 Å². The molecule has 2 N–H and O–H groups in total. The van der Waals surface area contributed by atoms with Gasteiger partial charge in [0.1, 0.15) is 11.8 Å². The molecule has 0 radical (unpaired) electrons. The number of carbonyl (C=O) groups excluding carboxylic acids is 1. The third-order valence-corrected chi connectivity index (χ3v) is 5.61. The number of nitrogens with two attached hydrogens (primary N) is 1. The number of hydrogen-bond donors (Lipinski definition) is 1. The zero-order valence-electron chi connectivity index (χ0n) is 12.7. The Labute approximate surface area is 131 Å². The molecule has 1 saturated heterocycles. The molecule has 1 aromatic rings. The van der Waals surface area contributed by atoms with Crippen LogP contribution < -0.4 is 10.5 Å². The number of carbonyl (C=O) groups is 1. The van der Waals surface area contributed by atoms with Crippen molar-refractivity contribution >= 4 is 15.9 Å². The minimum absolute atomic E-state index is 0.157. The fraction of sp³-hybridized carbons (Fsp3) is 0.533. The SMILES string of the molecule is CCCOc1ccc(S(=O)(=O)N2CCCC[C@@H]2C(N)=O)cc1. The van der Waals surface area contributed by atoms with E-state index < -0.39 is 22.0 Å². The van der Waals surface area contributed by atoms with Gasteiger partial charge in [0, 0.05) is 6.54 Å². The van der Waals surface area contributed by atoms with Crippen LogP contribution in [0.15, 0.2) is 29.2 Å². The fourth-order valence-electron chi connectivity index (χ4n) is 2.54. The van der Waals surface area contributed by atoms with Crippen LogP contribution in [0.5, 0.6) is 5.75 Å². The summed E-state index contributed by atoms with van der Waals surface area (Å²) in [4.78, 5) is 11.7. The van der Waals surface area contributed by atoms with Crippen molar-refractivity contribution in [1.29, 1.82) is 0 Å². The van der Waals surface area contributed by atoms with E-state index in [9.17, 15) is 13.2 Å². The van der Waals surface area contributed by atoms with E-state index in [1.807, 2.05) is 6.92 Å². The third kappa shape index (κ3) is 3.59. The molecule has 1 aliphatic heterocycles. The number of benzene rings is 1. The van der Waals surface area contributed by atoms with Crippen molar-refractivity contribution in [3.8, 4) is 5.75 Å². The van der Waals surface area contributed by atoms with Crippen molar-refractivity contribution in [2.75, 3.05) is 13.2 Å². The van der Waals surface area contributed by atoms with Gasteiger partial charge in [0.25, 0.3) is 0 Å². The average Bonchev–Trinajstić information content (AvgIpc) is 2.53. The van der Waals surface area contributed by atoms with E-state index in [2.05, 4.69) is 0 Å². The second-order valence-corrected chi connectivity index (χ2v) is 7.24. The molecule has 0 spiro atoms. The number of ether oxygens (including phenoxy) is 1. The normalized spacial score (nSPS) is 19.8. The summed E-state index contributed by atoms with van der Waals surface area (Å²) in [6, 6.07) is 5.52. The summed E-state index contributed by atoms with van der Waals surface area (Å²) in [5.41, 5.74) is 5.35. The highest BCUT2D eigenvalue weighted by atomic mass is 32.2. The van der Waals surface area contributed by atoms with Crippen LogP contribution in [0.2, 0.25) is 0 Å². The van der Waals surface area contributed by atoms with Crippen LogP contribution in [-0.4, -0.2) is 37.8 Å². The van der Waals surface area contributed by atoms with E-state index in [4.69, 9.17) is 10.5 Å². The molecular weight excluding hydrogens is 304 g/mol. The molecular formula is C15H22N2O4S. The molecule has 0 bridgehead atoms. The van der Waals surface area contributed by atoms with E-state index >= 15 is 0 Å². The largest absolute Gasteiger partial charge is 0.494 e. The van der Waals surface area contributed by atoms with Crippen molar-refractivity contribution in [3.05, 3.63) is 24.3 Å². The van der Waals surface area contributed by atoms with Crippen LogP contribution in [0.1, 0.15) is 32.6 Å². The zero-order valence-corrected chi connectivity index (χ0v) is 13.5. The van der Waals surface area contributed by atoms with Gasteiger partial charge in [-0.2, -0.15) is 4.31 Å². The molecule has 6 nitrogen and oxygen atoms in total. The van der Waals surface area contributed by atoms with Crippen molar-refractivity contribution in [3.63, 3.8) is 0 Å². The number of nitrogens with zero attached hydrogens (tertiary/aromatic N) is 1. The summed E-state index contributed by atoms with van der Waals surface area (Å²) >= 11 is 0. The average molecular weight is 326 g/mol. The molecule has 22 heavy (non-hydrogen) atoms. The summed E-state index contributed by atoms with van der Waals surface area (Å²) in [5.74, 6) is 0.0390. The Balaban J connectivity index is 2.23. The fourth-order valence-corrected chi connectivity index (χ4v) is 4.20. The second kappa shape index (κ2) is 7.11. The van der Waals surface area contributed by atoms with Crippen LogP contribution in [0.25, 0.3) is 0 Å². The first-order chi connectivity index (χ1) is 10.5. The molecule has 0 aromatic heterocycles. The Bertz CT molecular complexity index is 613. The van der Waals surface area contributed by atoms with E-state index in [1.165, 1.54) is 16.4 Å².